The third-order valence-corrected chi connectivity index (χ3v) is 3.17. The topological polar surface area (TPSA) is 104 Å². The van der Waals surface area contributed by atoms with Gasteiger partial charge in [-0.25, -0.2) is 4.98 Å². The standard InChI is InChI=1S/C15H14ClN3O5/c1-23-6-7-24-14-5-3-11(9-17-14)18-15(20)12-4-2-10(16)8-13(12)19(21)22/h2-5,8-9H,6-7H2,1H3,(H,18,20). The molecular formula is C15H14ClN3O5. The fourth-order valence-corrected chi connectivity index (χ4v) is 1.98. The molecule has 0 aliphatic heterocycles. The summed E-state index contributed by atoms with van der Waals surface area (Å²) in [7, 11) is 1.56. The van der Waals surface area contributed by atoms with Gasteiger partial charge in [-0.05, 0) is 18.2 Å². The number of aromatic nitrogens is 1. The number of nitrogens with zero attached hydrogens (tertiary/aromatic N) is 2. The first kappa shape index (κ1) is 17.6. The number of halogens is 1. The van der Waals surface area contributed by atoms with E-state index < -0.39 is 10.8 Å². The van der Waals surface area contributed by atoms with Crippen molar-refractivity contribution in [2.45, 2.75) is 0 Å². The average Bonchev–Trinajstić information content (AvgIpc) is 2.56. The summed E-state index contributed by atoms with van der Waals surface area (Å²) in [6.07, 6.45) is 1.39. The number of amides is 1. The highest BCUT2D eigenvalue weighted by molar-refractivity contribution is 6.31. The van der Waals surface area contributed by atoms with Gasteiger partial charge in [0.25, 0.3) is 11.6 Å². The van der Waals surface area contributed by atoms with E-state index in [4.69, 9.17) is 21.1 Å². The highest BCUT2D eigenvalue weighted by atomic mass is 35.5. The molecule has 1 aromatic heterocycles. The molecule has 1 amide bonds. The molecule has 126 valence electrons. The zero-order valence-electron chi connectivity index (χ0n) is 12.7. The van der Waals surface area contributed by atoms with Gasteiger partial charge in [0.05, 0.1) is 23.4 Å². The number of ether oxygens (including phenoxy) is 2. The Balaban J connectivity index is 2.08. The van der Waals surface area contributed by atoms with Crippen LogP contribution >= 0.6 is 11.6 Å². The monoisotopic (exact) mass is 351 g/mol. The number of nitro benzene ring substituents is 1. The second kappa shape index (κ2) is 8.23. The summed E-state index contributed by atoms with van der Waals surface area (Å²) in [6.45, 7) is 0.784. The third kappa shape index (κ3) is 4.64. The fourth-order valence-electron chi connectivity index (χ4n) is 1.82. The van der Waals surface area contributed by atoms with Gasteiger partial charge in [0.1, 0.15) is 12.2 Å². The van der Waals surface area contributed by atoms with Gasteiger partial charge in [0, 0.05) is 24.3 Å². The van der Waals surface area contributed by atoms with E-state index in [9.17, 15) is 14.9 Å². The van der Waals surface area contributed by atoms with Gasteiger partial charge >= 0.3 is 0 Å². The second-order valence-corrected chi connectivity index (χ2v) is 5.04. The average molecular weight is 352 g/mol. The molecule has 0 aliphatic rings. The number of hydrogen-bond donors (Lipinski definition) is 1. The van der Waals surface area contributed by atoms with E-state index in [1.54, 1.807) is 19.2 Å². The van der Waals surface area contributed by atoms with Gasteiger partial charge in [-0.1, -0.05) is 11.6 Å². The van der Waals surface area contributed by atoms with Gasteiger partial charge < -0.3 is 14.8 Å². The van der Waals surface area contributed by atoms with E-state index in [-0.39, 0.29) is 16.3 Å². The Hall–Kier alpha value is -2.71. The lowest BCUT2D eigenvalue weighted by molar-refractivity contribution is -0.385. The summed E-state index contributed by atoms with van der Waals surface area (Å²) in [5, 5.41) is 13.7. The first-order valence-electron chi connectivity index (χ1n) is 6.84. The van der Waals surface area contributed by atoms with Crippen molar-refractivity contribution in [1.82, 2.24) is 4.98 Å². The Morgan fingerprint density at radius 1 is 1.33 bits per heavy atom. The molecule has 0 saturated carbocycles. The predicted octanol–water partition coefficient (Wildman–Crippen LogP) is 2.92. The summed E-state index contributed by atoms with van der Waals surface area (Å²) in [5.41, 5.74) is -0.0827. The van der Waals surface area contributed by atoms with Crippen LogP contribution in [0.15, 0.2) is 36.5 Å². The van der Waals surface area contributed by atoms with E-state index in [1.807, 2.05) is 0 Å². The molecule has 0 spiro atoms. The molecule has 0 radical (unpaired) electrons. The molecule has 1 N–H and O–H groups in total. The van der Waals surface area contributed by atoms with E-state index in [2.05, 4.69) is 10.3 Å². The molecule has 0 fully saturated rings. The van der Waals surface area contributed by atoms with Crippen LogP contribution in [0.4, 0.5) is 11.4 Å². The second-order valence-electron chi connectivity index (χ2n) is 4.60. The number of methoxy groups -OCH3 is 1. The maximum absolute atomic E-state index is 12.2. The molecule has 2 rings (SSSR count). The molecule has 2 aromatic rings. The van der Waals surface area contributed by atoms with Crippen LogP contribution in [0.3, 0.4) is 0 Å². The predicted molar refractivity (Wildman–Crippen MR) is 87.7 cm³/mol. The SMILES string of the molecule is COCCOc1ccc(NC(=O)c2ccc(Cl)cc2[N+](=O)[O-])cn1. The lowest BCUT2D eigenvalue weighted by Crippen LogP contribution is -2.14. The molecule has 24 heavy (non-hydrogen) atoms. The van der Waals surface area contributed by atoms with E-state index in [0.29, 0.717) is 24.8 Å². The number of hydrogen-bond acceptors (Lipinski definition) is 6. The minimum Gasteiger partial charge on any atom is -0.475 e. The van der Waals surface area contributed by atoms with Crippen LogP contribution in [0, 0.1) is 10.1 Å². The van der Waals surface area contributed by atoms with Crippen LogP contribution < -0.4 is 10.1 Å². The summed E-state index contributed by atoms with van der Waals surface area (Å²) in [6, 6.07) is 6.98. The van der Waals surface area contributed by atoms with Gasteiger partial charge in [-0.3, -0.25) is 14.9 Å². The Labute approximate surface area is 142 Å². The van der Waals surface area contributed by atoms with Crippen LogP contribution in [-0.4, -0.2) is 36.1 Å². The Kier molecular flexibility index (Phi) is 6.05. The Bertz CT molecular complexity index is 736. The number of anilines is 1. The van der Waals surface area contributed by atoms with Crippen molar-refractivity contribution < 1.29 is 19.2 Å². The minimum atomic E-state index is -0.661. The molecule has 0 aliphatic carbocycles. The van der Waals surface area contributed by atoms with Crippen LogP contribution in [0.5, 0.6) is 5.88 Å². The third-order valence-electron chi connectivity index (χ3n) is 2.93. The van der Waals surface area contributed by atoms with Crippen molar-refractivity contribution in [2.75, 3.05) is 25.6 Å². The number of benzene rings is 1. The first-order valence-corrected chi connectivity index (χ1v) is 7.22. The van der Waals surface area contributed by atoms with Gasteiger partial charge in [0.15, 0.2) is 0 Å². The van der Waals surface area contributed by atoms with Gasteiger partial charge in [-0.2, -0.15) is 0 Å². The highest BCUT2D eigenvalue weighted by Crippen LogP contribution is 2.24. The molecule has 0 unspecified atom stereocenters. The Morgan fingerprint density at radius 3 is 2.75 bits per heavy atom. The summed E-state index contributed by atoms with van der Waals surface area (Å²) >= 11 is 5.73. The lowest BCUT2D eigenvalue weighted by Gasteiger charge is -2.07. The van der Waals surface area contributed by atoms with Crippen molar-refractivity contribution in [3.05, 3.63) is 57.2 Å². The first-order chi connectivity index (χ1) is 11.5. The quantitative estimate of drug-likeness (QED) is 0.467. The normalized spacial score (nSPS) is 10.2. The number of carbonyl (C=O) groups is 1. The lowest BCUT2D eigenvalue weighted by atomic mass is 10.1. The molecule has 0 bridgehead atoms. The van der Waals surface area contributed by atoms with Gasteiger partial charge in [0.2, 0.25) is 5.88 Å². The van der Waals surface area contributed by atoms with Crippen molar-refractivity contribution >= 4 is 28.9 Å². The number of rotatable bonds is 7. The van der Waals surface area contributed by atoms with Crippen LogP contribution in [-0.2, 0) is 4.74 Å². The van der Waals surface area contributed by atoms with Crippen LogP contribution in [0.25, 0.3) is 0 Å². The summed E-state index contributed by atoms with van der Waals surface area (Å²) in [4.78, 5) is 26.6. The van der Waals surface area contributed by atoms with E-state index >= 15 is 0 Å². The number of pyridine rings is 1. The summed E-state index contributed by atoms with van der Waals surface area (Å²) < 4.78 is 10.2. The number of carbonyl (C=O) groups excluding carboxylic acids is 1. The van der Waals surface area contributed by atoms with Crippen LogP contribution in [0.2, 0.25) is 5.02 Å². The minimum absolute atomic E-state index is 0.0928. The van der Waals surface area contributed by atoms with Crippen molar-refractivity contribution in [3.63, 3.8) is 0 Å². The molecule has 0 saturated heterocycles. The Morgan fingerprint density at radius 2 is 2.12 bits per heavy atom. The number of nitro groups is 1. The molecule has 1 heterocycles. The van der Waals surface area contributed by atoms with Gasteiger partial charge in [-0.15, -0.1) is 0 Å². The smallest absolute Gasteiger partial charge is 0.283 e. The largest absolute Gasteiger partial charge is 0.475 e. The molecule has 1 aromatic carbocycles. The van der Waals surface area contributed by atoms with Crippen molar-refractivity contribution in [1.29, 1.82) is 0 Å². The summed E-state index contributed by atoms with van der Waals surface area (Å²) in [5.74, 6) is -0.254. The molecular weight excluding hydrogens is 338 g/mol. The van der Waals surface area contributed by atoms with Crippen molar-refractivity contribution in [3.8, 4) is 5.88 Å². The molecule has 9 heteroatoms. The van der Waals surface area contributed by atoms with E-state index in [0.717, 1.165) is 6.07 Å². The molecule has 8 nitrogen and oxygen atoms in total. The maximum atomic E-state index is 12.2. The fraction of sp³-hybridized carbons (Fsp3) is 0.200. The van der Waals surface area contributed by atoms with E-state index in [1.165, 1.54) is 18.3 Å². The zero-order valence-corrected chi connectivity index (χ0v) is 13.4. The molecule has 0 atom stereocenters. The van der Waals surface area contributed by atoms with Crippen molar-refractivity contribution in [2.24, 2.45) is 0 Å². The zero-order chi connectivity index (χ0) is 17.5. The number of nitrogens with one attached hydrogen (secondary N) is 1. The maximum Gasteiger partial charge on any atom is 0.283 e. The highest BCUT2D eigenvalue weighted by Gasteiger charge is 2.20. The van der Waals surface area contributed by atoms with Crippen LogP contribution in [0.1, 0.15) is 10.4 Å².